The van der Waals surface area contributed by atoms with Crippen molar-refractivity contribution in [3.8, 4) is 0 Å². The quantitative estimate of drug-likeness (QED) is 0.731. The van der Waals surface area contributed by atoms with Crippen molar-refractivity contribution in [1.29, 1.82) is 0 Å². The summed E-state index contributed by atoms with van der Waals surface area (Å²) in [7, 11) is 0. The molecule has 2 saturated heterocycles. The molecule has 28 heavy (non-hydrogen) atoms. The monoisotopic (exact) mass is 400 g/mol. The summed E-state index contributed by atoms with van der Waals surface area (Å²) in [6, 6.07) is 6.15. The molecule has 2 aromatic heterocycles. The predicted molar refractivity (Wildman–Crippen MR) is 111 cm³/mol. The Kier molecular flexibility index (Phi) is 6.51. The van der Waals surface area contributed by atoms with Crippen LogP contribution in [0.25, 0.3) is 0 Å². The second-order valence-electron chi connectivity index (χ2n) is 7.36. The number of carbonyl (C=O) groups is 1. The van der Waals surface area contributed by atoms with Crippen molar-refractivity contribution < 1.29 is 4.79 Å². The lowest BCUT2D eigenvalue weighted by molar-refractivity contribution is -0.131. The third-order valence-electron chi connectivity index (χ3n) is 5.53. The summed E-state index contributed by atoms with van der Waals surface area (Å²) >= 11 is 1.83. The number of amides is 1. The molecule has 0 spiro atoms. The molecule has 0 bridgehead atoms. The summed E-state index contributed by atoms with van der Waals surface area (Å²) in [5, 5.41) is 2.14. The highest BCUT2D eigenvalue weighted by Crippen LogP contribution is 2.14. The van der Waals surface area contributed by atoms with Gasteiger partial charge in [-0.2, -0.15) is 0 Å². The number of thiophene rings is 1. The van der Waals surface area contributed by atoms with Crippen LogP contribution in [0.15, 0.2) is 36.0 Å². The zero-order valence-electron chi connectivity index (χ0n) is 16.2. The van der Waals surface area contributed by atoms with Crippen molar-refractivity contribution in [2.24, 2.45) is 0 Å². The Morgan fingerprint density at radius 2 is 1.64 bits per heavy atom. The molecule has 2 fully saturated rings. The van der Waals surface area contributed by atoms with E-state index in [0.717, 1.165) is 71.4 Å². The standard InChI is InChI=1S/C20H28N6OS/c27-19(25-12-14-26(15-13-25)20-21-5-2-6-22-20)4-7-23-8-10-24(11-9-23)17-18-3-1-16-28-18/h1-3,5-6,16H,4,7-15,17H2. The molecule has 0 unspecified atom stereocenters. The molecule has 8 heteroatoms. The van der Waals surface area contributed by atoms with Crippen molar-refractivity contribution in [2.75, 3.05) is 63.8 Å². The largest absolute Gasteiger partial charge is 0.339 e. The van der Waals surface area contributed by atoms with Crippen LogP contribution in [0.4, 0.5) is 5.95 Å². The SMILES string of the molecule is O=C(CCN1CCN(Cc2cccs2)CC1)N1CCN(c2ncccn2)CC1. The van der Waals surface area contributed by atoms with E-state index in [-0.39, 0.29) is 5.91 Å². The molecule has 150 valence electrons. The molecular weight excluding hydrogens is 372 g/mol. The van der Waals surface area contributed by atoms with Gasteiger partial charge in [0.05, 0.1) is 0 Å². The van der Waals surface area contributed by atoms with Crippen molar-refractivity contribution in [1.82, 2.24) is 24.7 Å². The minimum atomic E-state index is 0.273. The van der Waals surface area contributed by atoms with Gasteiger partial charge in [0.15, 0.2) is 0 Å². The Balaban J connectivity index is 1.15. The van der Waals surface area contributed by atoms with Gasteiger partial charge >= 0.3 is 0 Å². The second kappa shape index (κ2) is 9.45. The maximum atomic E-state index is 12.6. The van der Waals surface area contributed by atoms with Crippen LogP contribution in [0, 0.1) is 0 Å². The summed E-state index contributed by atoms with van der Waals surface area (Å²) in [5.74, 6) is 1.03. The number of hydrogen-bond acceptors (Lipinski definition) is 7. The first-order valence-corrected chi connectivity index (χ1v) is 10.9. The van der Waals surface area contributed by atoms with Crippen molar-refractivity contribution >= 4 is 23.2 Å². The van der Waals surface area contributed by atoms with Gasteiger partial charge in [-0.05, 0) is 17.5 Å². The fraction of sp³-hybridized carbons (Fsp3) is 0.550. The molecule has 0 N–H and O–H groups in total. The minimum Gasteiger partial charge on any atom is -0.339 e. The molecule has 7 nitrogen and oxygen atoms in total. The van der Waals surface area contributed by atoms with Crippen LogP contribution in [0.1, 0.15) is 11.3 Å². The molecule has 4 rings (SSSR count). The molecule has 0 atom stereocenters. The number of rotatable bonds is 6. The molecule has 2 aliphatic rings. The number of carbonyl (C=O) groups excluding carboxylic acids is 1. The zero-order valence-corrected chi connectivity index (χ0v) is 17.1. The van der Waals surface area contributed by atoms with Crippen LogP contribution in [0.5, 0.6) is 0 Å². The summed E-state index contributed by atoms with van der Waals surface area (Å²) in [6.45, 7) is 9.32. The smallest absolute Gasteiger partial charge is 0.225 e. The summed E-state index contributed by atoms with van der Waals surface area (Å²) < 4.78 is 0. The van der Waals surface area contributed by atoms with Gasteiger partial charge in [-0.1, -0.05) is 6.07 Å². The average molecular weight is 401 g/mol. The first kappa shape index (κ1) is 19.3. The van der Waals surface area contributed by atoms with E-state index in [9.17, 15) is 4.79 Å². The molecule has 2 aliphatic heterocycles. The van der Waals surface area contributed by atoms with Crippen molar-refractivity contribution in [2.45, 2.75) is 13.0 Å². The first-order chi connectivity index (χ1) is 13.8. The van der Waals surface area contributed by atoms with Gasteiger partial charge in [-0.25, -0.2) is 9.97 Å². The number of hydrogen-bond donors (Lipinski definition) is 0. The third-order valence-corrected chi connectivity index (χ3v) is 6.39. The number of nitrogens with zero attached hydrogens (tertiary/aromatic N) is 6. The fourth-order valence-electron chi connectivity index (χ4n) is 3.82. The number of anilines is 1. The zero-order chi connectivity index (χ0) is 19.2. The van der Waals surface area contributed by atoms with Gasteiger partial charge in [0.1, 0.15) is 0 Å². The van der Waals surface area contributed by atoms with E-state index < -0.39 is 0 Å². The van der Waals surface area contributed by atoms with E-state index in [4.69, 9.17) is 0 Å². The van der Waals surface area contributed by atoms with Crippen LogP contribution < -0.4 is 4.90 Å². The van der Waals surface area contributed by atoms with Crippen molar-refractivity contribution in [3.05, 3.63) is 40.8 Å². The Labute approximate surface area is 170 Å². The highest BCUT2D eigenvalue weighted by atomic mass is 32.1. The molecule has 2 aromatic rings. The van der Waals surface area contributed by atoms with Crippen LogP contribution in [0.3, 0.4) is 0 Å². The molecule has 0 aliphatic carbocycles. The average Bonchev–Trinajstić information content (AvgIpc) is 3.27. The van der Waals surface area contributed by atoms with E-state index in [1.54, 1.807) is 12.4 Å². The van der Waals surface area contributed by atoms with Crippen LogP contribution in [-0.4, -0.2) is 89.5 Å². The van der Waals surface area contributed by atoms with E-state index in [1.807, 2.05) is 22.3 Å². The second-order valence-corrected chi connectivity index (χ2v) is 8.40. The Hall–Kier alpha value is -2.03. The molecule has 4 heterocycles. The lowest BCUT2D eigenvalue weighted by Gasteiger charge is -2.36. The lowest BCUT2D eigenvalue weighted by Crippen LogP contribution is -2.50. The van der Waals surface area contributed by atoms with Gasteiger partial charge in [-0.3, -0.25) is 9.69 Å². The van der Waals surface area contributed by atoms with Gasteiger partial charge in [0, 0.05) is 89.1 Å². The third kappa shape index (κ3) is 5.06. The molecular formula is C20H28N6OS. The van der Waals surface area contributed by atoms with Crippen LogP contribution in [0.2, 0.25) is 0 Å². The Morgan fingerprint density at radius 3 is 2.32 bits per heavy atom. The molecule has 0 saturated carbocycles. The maximum absolute atomic E-state index is 12.6. The Morgan fingerprint density at radius 1 is 0.929 bits per heavy atom. The van der Waals surface area contributed by atoms with Gasteiger partial charge in [-0.15, -0.1) is 11.3 Å². The number of aromatic nitrogens is 2. The highest BCUT2D eigenvalue weighted by Gasteiger charge is 2.23. The van der Waals surface area contributed by atoms with Gasteiger partial charge in [0.2, 0.25) is 11.9 Å². The number of piperazine rings is 2. The van der Waals surface area contributed by atoms with Gasteiger partial charge < -0.3 is 14.7 Å². The summed E-state index contributed by atoms with van der Waals surface area (Å²) in [4.78, 5) is 31.7. The minimum absolute atomic E-state index is 0.273. The lowest BCUT2D eigenvalue weighted by atomic mass is 10.2. The molecule has 0 aromatic carbocycles. The summed E-state index contributed by atoms with van der Waals surface area (Å²) in [6.07, 6.45) is 4.15. The normalized spacial score (nSPS) is 19.1. The van der Waals surface area contributed by atoms with Crippen LogP contribution >= 0.6 is 11.3 Å². The fourth-order valence-corrected chi connectivity index (χ4v) is 4.56. The van der Waals surface area contributed by atoms with E-state index >= 15 is 0 Å². The van der Waals surface area contributed by atoms with Gasteiger partial charge in [0.25, 0.3) is 0 Å². The van der Waals surface area contributed by atoms with E-state index in [0.29, 0.717) is 6.42 Å². The topological polar surface area (TPSA) is 55.8 Å². The maximum Gasteiger partial charge on any atom is 0.225 e. The van der Waals surface area contributed by atoms with Crippen LogP contribution in [-0.2, 0) is 11.3 Å². The Bertz CT molecular complexity index is 724. The molecule has 0 radical (unpaired) electrons. The summed E-state index contributed by atoms with van der Waals surface area (Å²) in [5.41, 5.74) is 0. The predicted octanol–water partition coefficient (Wildman–Crippen LogP) is 1.39. The molecule has 1 amide bonds. The van der Waals surface area contributed by atoms with E-state index in [1.165, 1.54) is 4.88 Å². The highest BCUT2D eigenvalue weighted by molar-refractivity contribution is 7.09. The van der Waals surface area contributed by atoms with E-state index in [2.05, 4.69) is 42.2 Å². The van der Waals surface area contributed by atoms with Crippen molar-refractivity contribution in [3.63, 3.8) is 0 Å². The first-order valence-electron chi connectivity index (χ1n) is 10.0.